The lowest BCUT2D eigenvalue weighted by molar-refractivity contribution is -0.137. The van der Waals surface area contributed by atoms with Gasteiger partial charge in [0.2, 0.25) is 0 Å². The highest BCUT2D eigenvalue weighted by molar-refractivity contribution is 6.30. The standard InChI is InChI=1S/C31H29ClO3/c1-4-27(28-16-15-26(32)20-29(28)34-3)31(25-18-23-8-6-7-9-24(23)19-25)22-13-10-21(11-14-22)12-17-30(33)35-5-2/h6-18,20H,4-5,19H2,1-3H3/b17-12+,31-27+. The molecule has 3 nitrogen and oxygen atoms in total. The molecule has 0 atom stereocenters. The highest BCUT2D eigenvalue weighted by Crippen LogP contribution is 2.42. The van der Waals surface area contributed by atoms with Crippen LogP contribution in [0, 0.1) is 0 Å². The second-order valence-electron chi connectivity index (χ2n) is 8.30. The molecule has 0 aromatic heterocycles. The van der Waals surface area contributed by atoms with Gasteiger partial charge in [-0.3, -0.25) is 0 Å². The Balaban J connectivity index is 1.83. The van der Waals surface area contributed by atoms with Crippen molar-refractivity contribution >= 4 is 40.9 Å². The fourth-order valence-electron chi connectivity index (χ4n) is 4.53. The van der Waals surface area contributed by atoms with Crippen molar-refractivity contribution in [3.05, 3.63) is 111 Å². The monoisotopic (exact) mass is 484 g/mol. The molecular weight excluding hydrogens is 456 g/mol. The van der Waals surface area contributed by atoms with Gasteiger partial charge in [-0.15, -0.1) is 0 Å². The largest absolute Gasteiger partial charge is 0.496 e. The maximum absolute atomic E-state index is 11.7. The number of carbonyl (C=O) groups is 1. The summed E-state index contributed by atoms with van der Waals surface area (Å²) in [5, 5.41) is 0.646. The van der Waals surface area contributed by atoms with Crippen LogP contribution in [0.15, 0.2) is 78.4 Å². The molecule has 0 saturated carbocycles. The number of methoxy groups -OCH3 is 1. The van der Waals surface area contributed by atoms with E-state index in [2.05, 4.69) is 49.4 Å². The molecule has 3 aromatic carbocycles. The van der Waals surface area contributed by atoms with Crippen LogP contribution >= 0.6 is 11.6 Å². The Hall–Kier alpha value is -3.56. The van der Waals surface area contributed by atoms with Gasteiger partial charge in [0.15, 0.2) is 0 Å². The van der Waals surface area contributed by atoms with Crippen molar-refractivity contribution < 1.29 is 14.3 Å². The van der Waals surface area contributed by atoms with Gasteiger partial charge >= 0.3 is 5.97 Å². The summed E-state index contributed by atoms with van der Waals surface area (Å²) in [4.78, 5) is 11.7. The van der Waals surface area contributed by atoms with E-state index in [-0.39, 0.29) is 5.97 Å². The number of rotatable bonds is 8. The van der Waals surface area contributed by atoms with Gasteiger partial charge in [0.25, 0.3) is 0 Å². The lowest BCUT2D eigenvalue weighted by Crippen LogP contribution is -1.99. The molecule has 4 heteroatoms. The topological polar surface area (TPSA) is 35.5 Å². The fourth-order valence-corrected chi connectivity index (χ4v) is 4.69. The minimum Gasteiger partial charge on any atom is -0.496 e. The zero-order chi connectivity index (χ0) is 24.8. The first-order chi connectivity index (χ1) is 17.0. The van der Waals surface area contributed by atoms with Crippen molar-refractivity contribution in [1.82, 2.24) is 0 Å². The van der Waals surface area contributed by atoms with Gasteiger partial charge in [0.05, 0.1) is 13.7 Å². The van der Waals surface area contributed by atoms with Crippen LogP contribution in [-0.2, 0) is 16.0 Å². The molecule has 1 aliphatic carbocycles. The van der Waals surface area contributed by atoms with E-state index < -0.39 is 0 Å². The molecule has 0 amide bonds. The van der Waals surface area contributed by atoms with E-state index in [9.17, 15) is 4.79 Å². The lowest BCUT2D eigenvalue weighted by Gasteiger charge is -2.19. The Morgan fingerprint density at radius 2 is 1.80 bits per heavy atom. The number of carbonyl (C=O) groups excluding carboxylic acids is 1. The number of hydrogen-bond acceptors (Lipinski definition) is 3. The van der Waals surface area contributed by atoms with Crippen molar-refractivity contribution in [2.75, 3.05) is 13.7 Å². The van der Waals surface area contributed by atoms with Crippen molar-refractivity contribution in [2.24, 2.45) is 0 Å². The summed E-state index contributed by atoms with van der Waals surface area (Å²) < 4.78 is 10.7. The average molecular weight is 485 g/mol. The molecular formula is C31H29ClO3. The molecule has 0 saturated heterocycles. The first-order valence-electron chi connectivity index (χ1n) is 11.8. The number of halogens is 1. The zero-order valence-corrected chi connectivity index (χ0v) is 21.1. The van der Waals surface area contributed by atoms with Gasteiger partial charge in [-0.2, -0.15) is 0 Å². The predicted molar refractivity (Wildman–Crippen MR) is 145 cm³/mol. The third kappa shape index (κ3) is 5.58. The lowest BCUT2D eigenvalue weighted by atomic mass is 9.86. The van der Waals surface area contributed by atoms with Crippen molar-refractivity contribution in [1.29, 1.82) is 0 Å². The molecule has 0 fully saturated rings. The molecule has 0 heterocycles. The molecule has 178 valence electrons. The van der Waals surface area contributed by atoms with Gasteiger partial charge < -0.3 is 9.47 Å². The van der Waals surface area contributed by atoms with Gasteiger partial charge in [0, 0.05) is 16.7 Å². The molecule has 4 rings (SSSR count). The van der Waals surface area contributed by atoms with E-state index in [0.29, 0.717) is 11.6 Å². The van der Waals surface area contributed by atoms with E-state index in [4.69, 9.17) is 21.1 Å². The van der Waals surface area contributed by atoms with Crippen molar-refractivity contribution in [2.45, 2.75) is 26.7 Å². The number of hydrogen-bond donors (Lipinski definition) is 0. The molecule has 3 aromatic rings. The summed E-state index contributed by atoms with van der Waals surface area (Å²) in [6.45, 7) is 4.33. The summed E-state index contributed by atoms with van der Waals surface area (Å²) in [7, 11) is 1.68. The molecule has 0 radical (unpaired) electrons. The van der Waals surface area contributed by atoms with Crippen LogP contribution in [-0.4, -0.2) is 19.7 Å². The van der Waals surface area contributed by atoms with Crippen LogP contribution in [0.1, 0.15) is 48.1 Å². The minimum absolute atomic E-state index is 0.339. The van der Waals surface area contributed by atoms with Crippen molar-refractivity contribution in [3.8, 4) is 5.75 Å². The summed E-state index contributed by atoms with van der Waals surface area (Å²) in [5.41, 5.74) is 9.35. The molecule has 0 bridgehead atoms. The maximum Gasteiger partial charge on any atom is 0.330 e. The number of fused-ring (bicyclic) bond motifs is 1. The first kappa shape index (κ1) is 24.6. The second-order valence-corrected chi connectivity index (χ2v) is 8.74. The summed E-state index contributed by atoms with van der Waals surface area (Å²) >= 11 is 6.27. The van der Waals surface area contributed by atoms with Crippen LogP contribution < -0.4 is 4.74 Å². The Kier molecular flexibility index (Phi) is 7.89. The Labute approximate surface area is 212 Å². The maximum atomic E-state index is 11.7. The molecule has 35 heavy (non-hydrogen) atoms. The van der Waals surface area contributed by atoms with Gasteiger partial charge in [-0.25, -0.2) is 4.79 Å². The highest BCUT2D eigenvalue weighted by atomic mass is 35.5. The van der Waals surface area contributed by atoms with Gasteiger partial charge in [-0.05, 0) is 83.0 Å². The fraction of sp³-hybridized carbons (Fsp3) is 0.194. The van der Waals surface area contributed by atoms with Crippen LogP contribution in [0.4, 0.5) is 0 Å². The molecule has 0 N–H and O–H groups in total. The van der Waals surface area contributed by atoms with Crippen molar-refractivity contribution in [3.63, 3.8) is 0 Å². The SMILES string of the molecule is CCOC(=O)/C=C/c1ccc(/C(C2=Cc3ccccc3C2)=C(/CC)c2ccc(Cl)cc2OC)cc1. The Bertz CT molecular complexity index is 1310. The molecule has 0 unspecified atom stereocenters. The van der Waals surface area contributed by atoms with Crippen LogP contribution in [0.3, 0.4) is 0 Å². The smallest absolute Gasteiger partial charge is 0.330 e. The van der Waals surface area contributed by atoms with Crippen LogP contribution in [0.5, 0.6) is 5.75 Å². The van der Waals surface area contributed by atoms with E-state index in [1.807, 2.05) is 30.3 Å². The normalized spacial score (nSPS) is 13.3. The number of ether oxygens (including phenoxy) is 2. The molecule has 0 spiro atoms. The number of benzene rings is 3. The Morgan fingerprint density at radius 1 is 1.03 bits per heavy atom. The predicted octanol–water partition coefficient (Wildman–Crippen LogP) is 7.89. The van der Waals surface area contributed by atoms with E-state index in [1.165, 1.54) is 33.9 Å². The van der Waals surface area contributed by atoms with Crippen LogP contribution in [0.2, 0.25) is 5.02 Å². The minimum atomic E-state index is -0.339. The highest BCUT2D eigenvalue weighted by Gasteiger charge is 2.22. The van der Waals surface area contributed by atoms with Gasteiger partial charge in [-0.1, -0.05) is 73.1 Å². The third-order valence-electron chi connectivity index (χ3n) is 6.13. The quantitative estimate of drug-likeness (QED) is 0.185. The average Bonchev–Trinajstić information content (AvgIpc) is 3.30. The van der Waals surface area contributed by atoms with E-state index in [0.717, 1.165) is 35.3 Å². The second kappa shape index (κ2) is 11.2. The summed E-state index contributed by atoms with van der Waals surface area (Å²) in [6, 6.07) is 22.6. The molecule has 1 aliphatic rings. The molecule has 0 aliphatic heterocycles. The number of esters is 1. The summed E-state index contributed by atoms with van der Waals surface area (Å²) in [6.07, 6.45) is 7.22. The summed E-state index contributed by atoms with van der Waals surface area (Å²) in [5.74, 6) is 0.422. The van der Waals surface area contributed by atoms with E-state index in [1.54, 1.807) is 20.1 Å². The van der Waals surface area contributed by atoms with Gasteiger partial charge in [0.1, 0.15) is 5.75 Å². The van der Waals surface area contributed by atoms with Crippen LogP contribution in [0.25, 0.3) is 23.3 Å². The number of allylic oxidation sites excluding steroid dienone is 3. The first-order valence-corrected chi connectivity index (χ1v) is 12.2. The Morgan fingerprint density at radius 3 is 2.49 bits per heavy atom. The third-order valence-corrected chi connectivity index (χ3v) is 6.36. The van der Waals surface area contributed by atoms with E-state index >= 15 is 0 Å². The zero-order valence-electron chi connectivity index (χ0n) is 20.3.